The van der Waals surface area contributed by atoms with Crippen LogP contribution in [0.2, 0.25) is 0 Å². The molecule has 2 saturated carbocycles. The topological polar surface area (TPSA) is 105 Å². The van der Waals surface area contributed by atoms with E-state index < -0.39 is 84.0 Å². The van der Waals surface area contributed by atoms with Gasteiger partial charge >= 0.3 is 0 Å². The van der Waals surface area contributed by atoms with E-state index in [-0.39, 0.29) is 81.5 Å². The fourth-order valence-corrected chi connectivity index (χ4v) is 8.06. The minimum Gasteiger partial charge on any atom is -0.329 e. The number of aromatic amines is 2. The lowest BCUT2D eigenvalue weighted by Gasteiger charge is -2.32. The summed E-state index contributed by atoms with van der Waals surface area (Å²) < 4.78 is 118. The maximum Gasteiger partial charge on any atom is 0.159 e. The normalized spacial score (nSPS) is 34.0. The molecular weight excluding hydrogens is 648 g/mol. The van der Waals surface area contributed by atoms with Crippen molar-refractivity contribution in [3.05, 3.63) is 58.5 Å². The third kappa shape index (κ3) is 4.46. The van der Waals surface area contributed by atoms with Crippen LogP contribution in [0.5, 0.6) is 0 Å². The number of amidine groups is 2. The molecule has 48 heavy (non-hydrogen) atoms. The summed E-state index contributed by atoms with van der Waals surface area (Å²) in [4.78, 5) is 24.8. The first-order valence-electron chi connectivity index (χ1n) is 15.7. The highest BCUT2D eigenvalue weighted by Crippen LogP contribution is 2.45. The summed E-state index contributed by atoms with van der Waals surface area (Å²) in [5, 5.41) is 6.86. The third-order valence-electron chi connectivity index (χ3n) is 10.5. The number of hydrogen-bond donors (Lipinski definition) is 4. The van der Waals surface area contributed by atoms with Crippen LogP contribution in [0.4, 0.5) is 46.8 Å². The number of aromatic nitrogens is 2. The van der Waals surface area contributed by atoms with Crippen molar-refractivity contribution in [1.82, 2.24) is 9.97 Å². The lowest BCUT2D eigenvalue weighted by molar-refractivity contribution is 0.0691. The van der Waals surface area contributed by atoms with E-state index in [0.717, 1.165) is 24.3 Å². The van der Waals surface area contributed by atoms with Gasteiger partial charge in [0.1, 0.15) is 71.3 Å². The van der Waals surface area contributed by atoms with Crippen LogP contribution in [0.1, 0.15) is 25.7 Å². The van der Waals surface area contributed by atoms with Crippen molar-refractivity contribution < 1.29 is 35.1 Å². The van der Waals surface area contributed by atoms with E-state index >= 15 is 0 Å². The van der Waals surface area contributed by atoms with Crippen molar-refractivity contribution in [3.63, 3.8) is 0 Å². The van der Waals surface area contributed by atoms with E-state index in [1.54, 1.807) is 0 Å². The molecule has 2 aromatic heterocycles. The highest BCUT2D eigenvalue weighted by atomic mass is 19.2. The van der Waals surface area contributed by atoms with Crippen LogP contribution in [0.3, 0.4) is 0 Å². The zero-order valence-corrected chi connectivity index (χ0v) is 24.7. The van der Waals surface area contributed by atoms with Gasteiger partial charge in [-0.05, 0) is 49.9 Å². The van der Waals surface area contributed by atoms with Gasteiger partial charge in [-0.15, -0.1) is 0 Å². The second kappa shape index (κ2) is 10.5. The van der Waals surface area contributed by atoms with Crippen molar-refractivity contribution in [2.75, 3.05) is 10.6 Å². The molecule has 0 radical (unpaired) electrons. The van der Waals surface area contributed by atoms with E-state index in [4.69, 9.17) is 9.98 Å². The maximum atomic E-state index is 14.8. The zero-order chi connectivity index (χ0) is 33.2. The van der Waals surface area contributed by atoms with E-state index in [1.165, 1.54) is 0 Å². The average Bonchev–Trinajstić information content (AvgIpc) is 3.74. The summed E-state index contributed by atoms with van der Waals surface area (Å²) in [6.07, 6.45) is -10.1. The number of nitrogens with one attached hydrogen (secondary N) is 4. The van der Waals surface area contributed by atoms with Crippen LogP contribution >= 0.6 is 0 Å². The van der Waals surface area contributed by atoms with Gasteiger partial charge in [-0.1, -0.05) is 0 Å². The minimum absolute atomic E-state index is 0.0548. The highest BCUT2D eigenvalue weighted by Gasteiger charge is 2.49. The summed E-state index contributed by atoms with van der Waals surface area (Å²) in [6, 6.07) is 3.83. The van der Waals surface area contributed by atoms with E-state index in [1.807, 2.05) is 0 Å². The van der Waals surface area contributed by atoms with Crippen molar-refractivity contribution in [2.24, 2.45) is 43.6 Å². The molecule has 2 aliphatic carbocycles. The number of benzene rings is 2. The van der Waals surface area contributed by atoms with Crippen molar-refractivity contribution in [3.8, 4) is 0 Å². The summed E-state index contributed by atoms with van der Waals surface area (Å²) in [5.74, 6) is -6.43. The molecule has 3 aliphatic heterocycles. The Kier molecular flexibility index (Phi) is 6.48. The van der Waals surface area contributed by atoms with Crippen molar-refractivity contribution in [1.29, 1.82) is 0 Å². The van der Waals surface area contributed by atoms with Crippen molar-refractivity contribution >= 4 is 44.9 Å². The zero-order valence-electron chi connectivity index (χ0n) is 24.7. The average molecular weight is 675 g/mol. The molecule has 16 heteroatoms. The number of hydrogen-bond acceptors (Lipinski definition) is 6. The van der Waals surface area contributed by atoms with Crippen LogP contribution in [0.25, 0.3) is 21.5 Å². The number of aliphatic imine (C=N–C) groups is 2. The van der Waals surface area contributed by atoms with Crippen LogP contribution in [-0.4, -0.2) is 58.7 Å². The number of halogens is 8. The Morgan fingerprint density at radius 1 is 0.479 bits per heavy atom. The molecule has 0 amide bonds. The summed E-state index contributed by atoms with van der Waals surface area (Å²) in [6.45, 7) is 0. The second-order valence-corrected chi connectivity index (χ2v) is 13.2. The Hall–Kier alpha value is -4.50. The molecule has 2 fully saturated rings. The molecule has 0 saturated heterocycles. The molecule has 8 nitrogen and oxygen atoms in total. The van der Waals surface area contributed by atoms with Gasteiger partial charge in [-0.25, -0.2) is 55.1 Å². The highest BCUT2D eigenvalue weighted by molar-refractivity contribution is 6.12. The Morgan fingerprint density at radius 3 is 1.27 bits per heavy atom. The van der Waals surface area contributed by atoms with Gasteiger partial charge in [0.25, 0.3) is 0 Å². The summed E-state index contributed by atoms with van der Waals surface area (Å²) in [7, 11) is 0. The second-order valence-electron chi connectivity index (χ2n) is 13.2. The van der Waals surface area contributed by atoms with Gasteiger partial charge in [-0.3, -0.25) is 0 Å². The van der Waals surface area contributed by atoms with Crippen LogP contribution < -0.4 is 21.6 Å². The number of anilines is 2. The monoisotopic (exact) mass is 674 g/mol. The van der Waals surface area contributed by atoms with Crippen molar-refractivity contribution in [2.45, 2.75) is 62.7 Å². The molecule has 10 unspecified atom stereocenters. The number of alkyl halides is 4. The predicted molar refractivity (Wildman–Crippen MR) is 160 cm³/mol. The van der Waals surface area contributed by atoms with Gasteiger partial charge in [-0.2, -0.15) is 0 Å². The van der Waals surface area contributed by atoms with Gasteiger partial charge in [0.15, 0.2) is 23.3 Å². The Morgan fingerprint density at radius 2 is 0.854 bits per heavy atom. The van der Waals surface area contributed by atoms with E-state index in [2.05, 4.69) is 30.6 Å². The van der Waals surface area contributed by atoms with Crippen LogP contribution in [0.15, 0.2) is 44.2 Å². The first-order valence-corrected chi connectivity index (χ1v) is 15.7. The summed E-state index contributed by atoms with van der Waals surface area (Å²) >= 11 is 0. The fraction of sp³-hybridized carbons (Fsp3) is 0.438. The molecule has 250 valence electrons. The van der Waals surface area contributed by atoms with Gasteiger partial charge in [0, 0.05) is 45.2 Å². The maximum absolute atomic E-state index is 14.8. The number of H-pyrrole nitrogens is 2. The van der Waals surface area contributed by atoms with Crippen LogP contribution in [0, 0.1) is 46.9 Å². The molecule has 10 atom stereocenters. The fourth-order valence-electron chi connectivity index (χ4n) is 8.06. The quantitative estimate of drug-likeness (QED) is 0.176. The first kappa shape index (κ1) is 29.6. The molecule has 5 aliphatic rings. The number of rotatable bonds is 0. The molecule has 4 aromatic rings. The molecule has 5 heterocycles. The minimum atomic E-state index is -1.79. The van der Waals surface area contributed by atoms with Gasteiger partial charge < -0.3 is 20.6 Å². The van der Waals surface area contributed by atoms with Crippen LogP contribution in [-0.2, 0) is 0 Å². The lowest BCUT2D eigenvalue weighted by atomic mass is 9.77. The van der Waals surface area contributed by atoms with Gasteiger partial charge in [0.2, 0.25) is 0 Å². The molecule has 4 N–H and O–H groups in total. The smallest absolute Gasteiger partial charge is 0.159 e. The number of nitrogens with zero attached hydrogens (tertiary/aromatic N) is 4. The van der Waals surface area contributed by atoms with E-state index in [0.29, 0.717) is 0 Å². The van der Waals surface area contributed by atoms with E-state index in [9.17, 15) is 35.1 Å². The Balaban J connectivity index is 1.30. The Bertz CT molecular complexity index is 2050. The molecule has 8 bridgehead atoms. The standard InChI is InChI=1S/C32H26F8N8/c33-17-1-9-10(2-18(17)34)26-41-25(9)45-27-11-3-19(35)20(36)4-12(11)29(42-27)47-31-15-7-23(39)24(40)8-16(15)32(44-31)48-30-14-6-22(38)21(37)5-13(14)28(43-30)46-26/h1-2,7-8,11-14,19-22,27-28,44H,3-6H2,(H,42,47)(H,43,48)(H,41,45,46). The predicted octanol–water partition coefficient (Wildman–Crippen LogP) is 5.86. The molecule has 9 rings (SSSR count). The van der Waals surface area contributed by atoms with Gasteiger partial charge in [0.05, 0.1) is 0 Å². The molecular formula is C32H26F8N8. The SMILES string of the molecule is Fc1cc2c3[nH]c(c2cc1F)NC1=NC(N=c2[nH]c(c4cc(F)c(F)cc24)=NC2N=C(N3)C3CC(F)C(F)CC23)C2CC(F)C(F)CC12. The molecule has 0 spiro atoms. The summed E-state index contributed by atoms with van der Waals surface area (Å²) in [5.41, 5.74) is 0.110. The molecule has 2 aromatic carbocycles. The Labute approximate surface area is 265 Å². The first-order chi connectivity index (χ1) is 23.0. The number of fused-ring (bicyclic) bond motifs is 18. The lowest BCUT2D eigenvalue weighted by Crippen LogP contribution is -2.40. The largest absolute Gasteiger partial charge is 0.329 e. The third-order valence-corrected chi connectivity index (χ3v) is 10.5.